The van der Waals surface area contributed by atoms with Crippen LogP contribution in [0.1, 0.15) is 239 Å². The van der Waals surface area contributed by atoms with Crippen LogP contribution in [0.3, 0.4) is 0 Å². The lowest BCUT2D eigenvalue weighted by molar-refractivity contribution is -0.151. The molecule has 0 aromatic carbocycles. The molecule has 0 rings (SSSR count). The Labute approximate surface area is 401 Å². The van der Waals surface area contributed by atoms with Gasteiger partial charge in [0.2, 0.25) is 5.91 Å². The van der Waals surface area contributed by atoms with Crippen LogP contribution in [-0.2, 0) is 14.3 Å². The SMILES string of the molecule is CC\C=C/C=C/C=C/C=C\C=C\C=C\CCCC(CC(=O)NC(CO)C(O)CCCCCCCCCCCCCCCCC)OC(=O)CCCCC/C=C/C=C/CCCCCCCCC. The maximum atomic E-state index is 13.2. The minimum atomic E-state index is -0.818. The van der Waals surface area contributed by atoms with Gasteiger partial charge in [-0.15, -0.1) is 0 Å². The highest BCUT2D eigenvalue weighted by molar-refractivity contribution is 5.77. The lowest BCUT2D eigenvalue weighted by Gasteiger charge is -2.24. The Bertz CT molecular complexity index is 1290. The zero-order valence-electron chi connectivity index (χ0n) is 42.3. The van der Waals surface area contributed by atoms with Crippen LogP contribution in [-0.4, -0.2) is 46.9 Å². The summed E-state index contributed by atoms with van der Waals surface area (Å²) in [5.41, 5.74) is 0. The molecule has 0 aliphatic carbocycles. The number of amides is 1. The topological polar surface area (TPSA) is 95.9 Å². The van der Waals surface area contributed by atoms with E-state index < -0.39 is 18.2 Å². The number of unbranched alkanes of at least 4 members (excludes halogenated alkanes) is 25. The van der Waals surface area contributed by atoms with Crippen LogP contribution in [0.4, 0.5) is 0 Å². The second-order valence-corrected chi connectivity index (χ2v) is 18.1. The highest BCUT2D eigenvalue weighted by Crippen LogP contribution is 2.17. The molecule has 0 bridgehead atoms. The number of rotatable bonds is 47. The molecule has 0 spiro atoms. The van der Waals surface area contributed by atoms with Crippen molar-refractivity contribution in [3.05, 3.63) is 97.2 Å². The minimum Gasteiger partial charge on any atom is -0.462 e. The number of carbonyl (C=O) groups is 2. The highest BCUT2D eigenvalue weighted by atomic mass is 16.5. The fourth-order valence-corrected chi connectivity index (χ4v) is 7.75. The first-order valence-electron chi connectivity index (χ1n) is 27.1. The van der Waals surface area contributed by atoms with Gasteiger partial charge in [0.15, 0.2) is 0 Å². The average Bonchev–Trinajstić information content (AvgIpc) is 3.30. The summed E-state index contributed by atoms with van der Waals surface area (Å²) in [5.74, 6) is -0.585. The van der Waals surface area contributed by atoms with Gasteiger partial charge >= 0.3 is 5.97 Å². The highest BCUT2D eigenvalue weighted by Gasteiger charge is 2.24. The normalized spacial score (nSPS) is 14.0. The molecule has 6 nitrogen and oxygen atoms in total. The van der Waals surface area contributed by atoms with Gasteiger partial charge in [-0.3, -0.25) is 9.59 Å². The number of hydrogen-bond donors (Lipinski definition) is 3. The summed E-state index contributed by atoms with van der Waals surface area (Å²) in [7, 11) is 0. The van der Waals surface area contributed by atoms with Crippen molar-refractivity contribution < 1.29 is 24.5 Å². The number of aliphatic hydroxyl groups is 2. The van der Waals surface area contributed by atoms with Gasteiger partial charge in [-0.2, -0.15) is 0 Å². The molecule has 0 heterocycles. The number of hydrogen-bond acceptors (Lipinski definition) is 5. The first kappa shape index (κ1) is 61.8. The van der Waals surface area contributed by atoms with Gasteiger partial charge < -0.3 is 20.3 Å². The summed E-state index contributed by atoms with van der Waals surface area (Å²) in [6.07, 6.45) is 69.0. The Morgan fingerprint density at radius 1 is 0.462 bits per heavy atom. The largest absolute Gasteiger partial charge is 0.462 e. The van der Waals surface area contributed by atoms with E-state index in [1.165, 1.54) is 122 Å². The van der Waals surface area contributed by atoms with Crippen LogP contribution in [0.25, 0.3) is 0 Å². The molecule has 3 N–H and O–H groups in total. The van der Waals surface area contributed by atoms with Gasteiger partial charge in [0.25, 0.3) is 0 Å². The fraction of sp³-hybridized carbons (Fsp3) is 0.695. The smallest absolute Gasteiger partial charge is 0.306 e. The molecule has 0 radical (unpaired) electrons. The van der Waals surface area contributed by atoms with E-state index in [1.807, 2.05) is 60.8 Å². The zero-order chi connectivity index (χ0) is 47.4. The summed E-state index contributed by atoms with van der Waals surface area (Å²) in [4.78, 5) is 26.2. The third-order valence-electron chi connectivity index (χ3n) is 11.8. The zero-order valence-corrected chi connectivity index (χ0v) is 42.3. The molecule has 0 saturated heterocycles. The first-order chi connectivity index (χ1) is 32.0. The van der Waals surface area contributed by atoms with Crippen LogP contribution in [0, 0.1) is 0 Å². The summed E-state index contributed by atoms with van der Waals surface area (Å²) in [6.45, 7) is 6.31. The van der Waals surface area contributed by atoms with Crippen molar-refractivity contribution >= 4 is 11.9 Å². The van der Waals surface area contributed by atoms with Gasteiger partial charge in [-0.1, -0.05) is 259 Å². The number of carbonyl (C=O) groups excluding carboxylic acids is 2. The van der Waals surface area contributed by atoms with Crippen molar-refractivity contribution in [1.29, 1.82) is 0 Å². The average molecular weight is 904 g/mol. The summed E-state index contributed by atoms with van der Waals surface area (Å²) >= 11 is 0. The van der Waals surface area contributed by atoms with E-state index >= 15 is 0 Å². The molecule has 3 unspecified atom stereocenters. The predicted molar refractivity (Wildman–Crippen MR) is 282 cm³/mol. The van der Waals surface area contributed by atoms with E-state index in [0.29, 0.717) is 19.3 Å². The van der Waals surface area contributed by atoms with Crippen molar-refractivity contribution in [2.75, 3.05) is 6.61 Å². The van der Waals surface area contributed by atoms with Crippen molar-refractivity contribution in [1.82, 2.24) is 5.32 Å². The lowest BCUT2D eigenvalue weighted by atomic mass is 10.0. The van der Waals surface area contributed by atoms with E-state index in [9.17, 15) is 19.8 Å². The van der Waals surface area contributed by atoms with Crippen molar-refractivity contribution in [3.63, 3.8) is 0 Å². The maximum absolute atomic E-state index is 13.2. The predicted octanol–water partition coefficient (Wildman–Crippen LogP) is 16.5. The third-order valence-corrected chi connectivity index (χ3v) is 11.8. The van der Waals surface area contributed by atoms with Crippen LogP contribution >= 0.6 is 0 Å². The molecule has 0 aliphatic heterocycles. The van der Waals surface area contributed by atoms with Gasteiger partial charge in [-0.25, -0.2) is 0 Å². The molecule has 65 heavy (non-hydrogen) atoms. The Morgan fingerprint density at radius 3 is 1.31 bits per heavy atom. The molecule has 0 aromatic heterocycles. The summed E-state index contributed by atoms with van der Waals surface area (Å²) in [6, 6.07) is -0.737. The minimum absolute atomic E-state index is 0.0111. The second-order valence-electron chi connectivity index (χ2n) is 18.1. The number of ether oxygens (including phenoxy) is 1. The van der Waals surface area contributed by atoms with Gasteiger partial charge in [0.1, 0.15) is 6.10 Å². The van der Waals surface area contributed by atoms with Crippen LogP contribution in [0.5, 0.6) is 0 Å². The Morgan fingerprint density at radius 2 is 0.846 bits per heavy atom. The van der Waals surface area contributed by atoms with E-state index in [4.69, 9.17) is 4.74 Å². The number of aliphatic hydroxyl groups excluding tert-OH is 2. The third kappa shape index (κ3) is 47.1. The van der Waals surface area contributed by atoms with Crippen molar-refractivity contribution in [2.24, 2.45) is 0 Å². The van der Waals surface area contributed by atoms with Crippen LogP contribution in [0.15, 0.2) is 97.2 Å². The summed E-state index contributed by atoms with van der Waals surface area (Å²) in [5, 5.41) is 23.8. The number of esters is 1. The standard InChI is InChI=1S/C59H101NO5/c1-4-7-10-13-16-19-22-25-28-31-34-37-40-43-46-49-52-59(64)65-55(50-47-44-41-38-35-32-29-26-23-20-17-14-11-8-5-2)53-58(63)60-56(54-61)57(62)51-48-45-42-39-36-33-30-27-24-21-18-15-12-9-6-3/h8,11,14,17,20,23,26,28-29,31-32,34-35,37-38,41,55-57,61-62H,4-7,9-10,12-13,15-16,18-19,21-22,24-25,27,30,33,36,39-40,42-54H2,1-3H3,(H,60,63)/b11-8-,17-14+,23-20+,29-26-,31-28+,35-32+,37-34+,41-38+. The molecule has 0 aromatic rings. The van der Waals surface area contributed by atoms with E-state index in [0.717, 1.165) is 70.6 Å². The number of allylic oxidation sites excluding steroid dienone is 16. The van der Waals surface area contributed by atoms with Crippen LogP contribution < -0.4 is 5.32 Å². The quantitative estimate of drug-likeness (QED) is 0.0321. The molecule has 0 aliphatic rings. The molecule has 3 atom stereocenters. The second kappa shape index (κ2) is 51.8. The fourth-order valence-electron chi connectivity index (χ4n) is 7.75. The molecule has 0 fully saturated rings. The Kier molecular flexibility index (Phi) is 49.2. The number of nitrogens with one attached hydrogen (secondary N) is 1. The molecule has 0 saturated carbocycles. The van der Waals surface area contributed by atoms with Crippen molar-refractivity contribution in [3.8, 4) is 0 Å². The molecule has 1 amide bonds. The lowest BCUT2D eigenvalue weighted by Crippen LogP contribution is -2.46. The van der Waals surface area contributed by atoms with E-state index in [1.54, 1.807) is 0 Å². The maximum Gasteiger partial charge on any atom is 0.306 e. The van der Waals surface area contributed by atoms with E-state index in [2.05, 4.69) is 62.5 Å². The van der Waals surface area contributed by atoms with Crippen LogP contribution in [0.2, 0.25) is 0 Å². The Hall–Kier alpha value is -3.22. The molecule has 372 valence electrons. The van der Waals surface area contributed by atoms with Gasteiger partial charge in [0.05, 0.1) is 25.2 Å². The molecular formula is C59H101NO5. The molecule has 6 heteroatoms. The van der Waals surface area contributed by atoms with E-state index in [-0.39, 0.29) is 24.9 Å². The Balaban J connectivity index is 4.75. The van der Waals surface area contributed by atoms with Gasteiger partial charge in [-0.05, 0) is 64.2 Å². The molecular weight excluding hydrogens is 803 g/mol. The summed E-state index contributed by atoms with van der Waals surface area (Å²) < 4.78 is 5.89. The monoisotopic (exact) mass is 904 g/mol. The van der Waals surface area contributed by atoms with Crippen molar-refractivity contribution in [2.45, 2.75) is 257 Å². The van der Waals surface area contributed by atoms with Gasteiger partial charge in [0, 0.05) is 6.42 Å². The first-order valence-corrected chi connectivity index (χ1v) is 27.1.